The van der Waals surface area contributed by atoms with Crippen LogP contribution in [0.2, 0.25) is 0 Å². The maximum absolute atomic E-state index is 4.77. The van der Waals surface area contributed by atoms with Crippen LogP contribution in [0.4, 0.5) is 0 Å². The Kier molecular flexibility index (Phi) is 0.881. The maximum atomic E-state index is 4.77. The van der Waals surface area contributed by atoms with Gasteiger partial charge in [-0.05, 0) is 12.3 Å². The lowest BCUT2D eigenvalue weighted by Gasteiger charge is -1.80. The summed E-state index contributed by atoms with van der Waals surface area (Å²) in [5, 5.41) is 2.95. The van der Waals surface area contributed by atoms with Crippen LogP contribution in [-0.2, 0) is 0 Å². The first-order valence-corrected chi connectivity index (χ1v) is 2.23. The molecule has 0 bridgehead atoms. The molecule has 0 amide bonds. The van der Waals surface area contributed by atoms with Gasteiger partial charge in [-0.15, -0.1) is 0 Å². The molecule has 1 aliphatic rings. The molecule has 1 rings (SSSR count). The summed E-state index contributed by atoms with van der Waals surface area (Å²) in [6, 6.07) is 0. The van der Waals surface area contributed by atoms with E-state index in [9.17, 15) is 0 Å². The Morgan fingerprint density at radius 1 is 1.83 bits per heavy atom. The highest BCUT2D eigenvalue weighted by atomic mass is 32.1. The Bertz CT molecular complexity index is 95.7. The van der Waals surface area contributed by atoms with E-state index in [0.29, 0.717) is 0 Å². The van der Waals surface area contributed by atoms with Crippen LogP contribution >= 0.6 is 12.2 Å². The van der Waals surface area contributed by atoms with Crippen LogP contribution in [0.1, 0.15) is 0 Å². The van der Waals surface area contributed by atoms with E-state index in [1.807, 2.05) is 12.3 Å². The lowest BCUT2D eigenvalue weighted by molar-refractivity contribution is 1.06. The molecule has 0 radical (unpaired) electrons. The molecule has 0 fully saturated rings. The predicted octanol–water partition coefficient (Wildman–Crippen LogP) is 0.473. The zero-order valence-corrected chi connectivity index (χ0v) is 4.09. The van der Waals surface area contributed by atoms with Crippen molar-refractivity contribution in [3.63, 3.8) is 0 Å². The van der Waals surface area contributed by atoms with Gasteiger partial charge in [0, 0.05) is 11.4 Å². The summed E-state index contributed by atoms with van der Waals surface area (Å²) >= 11 is 4.77. The van der Waals surface area contributed by atoms with E-state index in [2.05, 4.69) is 5.32 Å². The van der Waals surface area contributed by atoms with Gasteiger partial charge in [-0.2, -0.15) is 0 Å². The van der Waals surface area contributed by atoms with Gasteiger partial charge in [0.05, 0.1) is 0 Å². The molecule has 0 aliphatic carbocycles. The lowest BCUT2D eigenvalue weighted by Crippen LogP contribution is -2.04. The number of rotatable bonds is 0. The lowest BCUT2D eigenvalue weighted by atomic mass is 10.5. The van der Waals surface area contributed by atoms with Crippen LogP contribution in [0, 0.1) is 0 Å². The van der Waals surface area contributed by atoms with Crippen LogP contribution in [0.5, 0.6) is 0 Å². The highest BCUT2D eigenvalue weighted by Crippen LogP contribution is 1.84. The van der Waals surface area contributed by atoms with E-state index in [4.69, 9.17) is 12.2 Å². The summed E-state index contributed by atoms with van der Waals surface area (Å²) in [4.78, 5) is 0.995. The third kappa shape index (κ3) is 0.571. The molecule has 2 heteroatoms. The normalized spacial score (nSPS) is 18.3. The van der Waals surface area contributed by atoms with Gasteiger partial charge >= 0.3 is 0 Å². The van der Waals surface area contributed by atoms with Gasteiger partial charge in [0.1, 0.15) is 0 Å². The first kappa shape index (κ1) is 3.81. The minimum Gasteiger partial charge on any atom is -0.386 e. The van der Waals surface area contributed by atoms with Crippen molar-refractivity contribution >= 4 is 17.1 Å². The van der Waals surface area contributed by atoms with Crippen molar-refractivity contribution in [2.24, 2.45) is 0 Å². The fourth-order valence-corrected chi connectivity index (χ4v) is 0.522. The average Bonchev–Trinajstić information content (AvgIpc) is 1.86. The van der Waals surface area contributed by atoms with Crippen LogP contribution in [0.3, 0.4) is 0 Å². The largest absolute Gasteiger partial charge is 0.386 e. The van der Waals surface area contributed by atoms with Crippen molar-refractivity contribution in [1.82, 2.24) is 5.32 Å². The summed E-state index contributed by atoms with van der Waals surface area (Å²) in [7, 11) is 0. The summed E-state index contributed by atoms with van der Waals surface area (Å²) in [6.07, 6.45) is 3.76. The first-order chi connectivity index (χ1) is 2.89. The van der Waals surface area contributed by atoms with Crippen molar-refractivity contribution in [1.29, 1.82) is 0 Å². The summed E-state index contributed by atoms with van der Waals surface area (Å²) in [6.45, 7) is 0.856. The highest BCUT2D eigenvalue weighted by molar-refractivity contribution is 7.80. The Morgan fingerprint density at radius 3 is 2.83 bits per heavy atom. The molecular weight excluding hydrogens is 94.1 g/mol. The van der Waals surface area contributed by atoms with Crippen molar-refractivity contribution in [2.45, 2.75) is 0 Å². The van der Waals surface area contributed by atoms with Crippen molar-refractivity contribution < 1.29 is 0 Å². The molecule has 1 nitrogen and oxygen atoms in total. The van der Waals surface area contributed by atoms with E-state index in [0.717, 1.165) is 11.4 Å². The highest BCUT2D eigenvalue weighted by Gasteiger charge is 1.91. The Balaban J connectivity index is 2.59. The van der Waals surface area contributed by atoms with Gasteiger partial charge in [-0.25, -0.2) is 0 Å². The molecule has 6 heavy (non-hydrogen) atoms. The van der Waals surface area contributed by atoms with E-state index in [1.54, 1.807) is 0 Å². The van der Waals surface area contributed by atoms with E-state index >= 15 is 0 Å². The van der Waals surface area contributed by atoms with E-state index in [1.165, 1.54) is 0 Å². The van der Waals surface area contributed by atoms with Gasteiger partial charge in [0.15, 0.2) is 0 Å². The van der Waals surface area contributed by atoms with Crippen molar-refractivity contribution in [3.8, 4) is 0 Å². The molecule has 0 aromatic carbocycles. The minimum atomic E-state index is 0.856. The molecule has 1 aliphatic heterocycles. The SMILES string of the molecule is S=C1C=CNC1. The first-order valence-electron chi connectivity index (χ1n) is 1.82. The standard InChI is InChI=1S/C4H5NS/c6-4-1-2-5-3-4/h1-2,5H,3H2. The van der Waals surface area contributed by atoms with E-state index in [-0.39, 0.29) is 0 Å². The minimum absolute atomic E-state index is 0.856. The van der Waals surface area contributed by atoms with Crippen LogP contribution in [0.25, 0.3) is 0 Å². The molecule has 0 spiro atoms. The average molecular weight is 99.2 g/mol. The third-order valence-corrected chi connectivity index (χ3v) is 0.944. The second-order valence-electron chi connectivity index (χ2n) is 1.18. The van der Waals surface area contributed by atoms with Gasteiger partial charge in [-0.3, -0.25) is 0 Å². The van der Waals surface area contributed by atoms with Crippen LogP contribution in [-0.4, -0.2) is 11.4 Å². The third-order valence-electron chi connectivity index (χ3n) is 0.663. The molecule has 0 saturated carbocycles. The molecule has 1 N–H and O–H groups in total. The molecule has 1 heterocycles. The van der Waals surface area contributed by atoms with Crippen molar-refractivity contribution in [3.05, 3.63) is 12.3 Å². The van der Waals surface area contributed by atoms with Crippen molar-refractivity contribution in [2.75, 3.05) is 6.54 Å². The smallest absolute Gasteiger partial charge is 0.0497 e. The van der Waals surface area contributed by atoms with Gasteiger partial charge in [-0.1, -0.05) is 12.2 Å². The zero-order chi connectivity index (χ0) is 4.41. The fourth-order valence-electron chi connectivity index (χ4n) is 0.370. The monoisotopic (exact) mass is 99.0 g/mol. The number of thiocarbonyl (C=S) groups is 1. The topological polar surface area (TPSA) is 12.0 Å². The number of nitrogens with one attached hydrogen (secondary N) is 1. The predicted molar refractivity (Wildman–Crippen MR) is 29.7 cm³/mol. The molecule has 0 aromatic rings. The second kappa shape index (κ2) is 1.39. The van der Waals surface area contributed by atoms with Crippen LogP contribution in [0.15, 0.2) is 12.3 Å². The number of hydrogen-bond acceptors (Lipinski definition) is 2. The second-order valence-corrected chi connectivity index (χ2v) is 1.70. The quantitative estimate of drug-likeness (QED) is 0.443. The van der Waals surface area contributed by atoms with Gasteiger partial charge in [0.2, 0.25) is 0 Å². The van der Waals surface area contributed by atoms with Crippen LogP contribution < -0.4 is 5.32 Å². The molecule has 0 aromatic heterocycles. The zero-order valence-electron chi connectivity index (χ0n) is 3.27. The Morgan fingerprint density at radius 2 is 2.67 bits per heavy atom. The van der Waals surface area contributed by atoms with Gasteiger partial charge < -0.3 is 5.32 Å². The molecule has 32 valence electrons. The molecule has 0 saturated heterocycles. The Labute approximate surface area is 42.0 Å². The molecule has 0 unspecified atom stereocenters. The van der Waals surface area contributed by atoms with E-state index < -0.39 is 0 Å². The fraction of sp³-hybridized carbons (Fsp3) is 0.250. The summed E-state index contributed by atoms with van der Waals surface area (Å²) < 4.78 is 0. The molecule has 0 atom stereocenters. The van der Waals surface area contributed by atoms with Gasteiger partial charge in [0.25, 0.3) is 0 Å². The molecular formula is C4H5NS. The summed E-state index contributed by atoms with van der Waals surface area (Å²) in [5.74, 6) is 0. The Hall–Kier alpha value is -0.370. The number of hydrogen-bond donors (Lipinski definition) is 1. The summed E-state index contributed by atoms with van der Waals surface area (Å²) in [5.41, 5.74) is 0. The maximum Gasteiger partial charge on any atom is 0.0497 e.